The summed E-state index contributed by atoms with van der Waals surface area (Å²) in [5, 5.41) is 0. The molecule has 0 saturated carbocycles. The van der Waals surface area contributed by atoms with E-state index in [2.05, 4.69) is 0 Å². The van der Waals surface area contributed by atoms with Crippen LogP contribution in [0.5, 0.6) is 0 Å². The van der Waals surface area contributed by atoms with Crippen LogP contribution in [0.1, 0.15) is 16.7 Å². The molecule has 1 aliphatic rings. The fourth-order valence-electron chi connectivity index (χ4n) is 3.44. The SMILES string of the molecule is O=C(OCc1ccccc1)N1C(F)C1(c1ccccc1)c1ccccc1F. The third-order valence-electron chi connectivity index (χ3n) is 4.78. The van der Waals surface area contributed by atoms with Crippen LogP contribution >= 0.6 is 0 Å². The molecule has 0 spiro atoms. The number of hydrogen-bond donors (Lipinski definition) is 0. The van der Waals surface area contributed by atoms with E-state index in [0.29, 0.717) is 5.56 Å². The summed E-state index contributed by atoms with van der Waals surface area (Å²) in [5.74, 6) is -0.567. The van der Waals surface area contributed by atoms with Crippen molar-refractivity contribution < 1.29 is 18.3 Å². The molecule has 3 nitrogen and oxygen atoms in total. The molecular weight excluding hydrogens is 348 g/mol. The normalized spacial score (nSPS) is 21.0. The number of rotatable bonds is 4. The summed E-state index contributed by atoms with van der Waals surface area (Å²) in [6, 6.07) is 23.7. The number of benzene rings is 3. The van der Waals surface area contributed by atoms with Crippen LogP contribution in [-0.4, -0.2) is 17.3 Å². The molecule has 1 heterocycles. The van der Waals surface area contributed by atoms with E-state index in [0.717, 1.165) is 10.5 Å². The van der Waals surface area contributed by atoms with E-state index in [1.807, 2.05) is 30.3 Å². The number of carbonyl (C=O) groups is 1. The Kier molecular flexibility index (Phi) is 4.36. The molecule has 4 rings (SSSR count). The van der Waals surface area contributed by atoms with Gasteiger partial charge in [0.2, 0.25) is 6.30 Å². The summed E-state index contributed by atoms with van der Waals surface area (Å²) in [7, 11) is 0. The van der Waals surface area contributed by atoms with Gasteiger partial charge in [-0.25, -0.2) is 13.6 Å². The molecule has 27 heavy (non-hydrogen) atoms. The third kappa shape index (κ3) is 2.85. The van der Waals surface area contributed by atoms with E-state index in [-0.39, 0.29) is 12.2 Å². The molecule has 5 heteroatoms. The highest BCUT2D eigenvalue weighted by molar-refractivity contribution is 5.76. The summed E-state index contributed by atoms with van der Waals surface area (Å²) in [4.78, 5) is 13.6. The Morgan fingerprint density at radius 2 is 1.52 bits per heavy atom. The van der Waals surface area contributed by atoms with Gasteiger partial charge in [0.05, 0.1) is 0 Å². The van der Waals surface area contributed by atoms with E-state index in [4.69, 9.17) is 4.74 Å². The van der Waals surface area contributed by atoms with E-state index < -0.39 is 23.7 Å². The Balaban J connectivity index is 1.67. The van der Waals surface area contributed by atoms with Crippen molar-refractivity contribution in [3.05, 3.63) is 107 Å². The van der Waals surface area contributed by atoms with Gasteiger partial charge in [-0.15, -0.1) is 0 Å². The molecular formula is C22H17F2NO2. The van der Waals surface area contributed by atoms with Crippen LogP contribution in [0.3, 0.4) is 0 Å². The minimum absolute atomic E-state index is 0.0189. The lowest BCUT2D eigenvalue weighted by Gasteiger charge is -2.18. The zero-order valence-electron chi connectivity index (χ0n) is 14.4. The van der Waals surface area contributed by atoms with Crippen LogP contribution in [0, 0.1) is 5.82 Å². The van der Waals surface area contributed by atoms with Crippen LogP contribution < -0.4 is 0 Å². The fraction of sp³-hybridized carbons (Fsp3) is 0.136. The number of hydrogen-bond acceptors (Lipinski definition) is 2. The maximum absolute atomic E-state index is 15.1. The topological polar surface area (TPSA) is 29.3 Å². The van der Waals surface area contributed by atoms with Crippen LogP contribution in [0.2, 0.25) is 0 Å². The molecule has 1 aliphatic heterocycles. The molecule has 1 amide bonds. The minimum Gasteiger partial charge on any atom is -0.444 e. The van der Waals surface area contributed by atoms with E-state index in [9.17, 15) is 9.18 Å². The first-order valence-corrected chi connectivity index (χ1v) is 8.60. The lowest BCUT2D eigenvalue weighted by Crippen LogP contribution is -2.25. The summed E-state index contributed by atoms with van der Waals surface area (Å²) in [5.41, 5.74) is -0.112. The molecule has 1 saturated heterocycles. The van der Waals surface area contributed by atoms with Gasteiger partial charge in [0, 0.05) is 5.56 Å². The van der Waals surface area contributed by atoms with Crippen LogP contribution in [-0.2, 0) is 16.9 Å². The van der Waals surface area contributed by atoms with Crippen molar-refractivity contribution in [1.82, 2.24) is 4.90 Å². The lowest BCUT2D eigenvalue weighted by molar-refractivity contribution is 0.113. The van der Waals surface area contributed by atoms with Gasteiger partial charge < -0.3 is 4.74 Å². The van der Waals surface area contributed by atoms with Crippen molar-refractivity contribution in [2.24, 2.45) is 0 Å². The molecule has 136 valence electrons. The monoisotopic (exact) mass is 365 g/mol. The van der Waals surface area contributed by atoms with Gasteiger partial charge >= 0.3 is 6.09 Å². The quantitative estimate of drug-likeness (QED) is 0.480. The summed E-state index contributed by atoms with van der Waals surface area (Å²) >= 11 is 0. The maximum Gasteiger partial charge on any atom is 0.413 e. The standard InChI is InChI=1S/C22H17F2NO2/c23-19-14-8-7-13-18(19)22(17-11-5-2-6-12-17)20(24)25(22)21(26)27-15-16-9-3-1-4-10-16/h1-14,20H,15H2. The van der Waals surface area contributed by atoms with Gasteiger partial charge in [-0.1, -0.05) is 78.9 Å². The average molecular weight is 365 g/mol. The van der Waals surface area contributed by atoms with Crippen molar-refractivity contribution >= 4 is 6.09 Å². The van der Waals surface area contributed by atoms with Gasteiger partial charge in [-0.2, -0.15) is 0 Å². The van der Waals surface area contributed by atoms with Gasteiger partial charge in [-0.05, 0) is 17.2 Å². The van der Waals surface area contributed by atoms with E-state index in [1.54, 1.807) is 36.4 Å². The average Bonchev–Trinajstić information content (AvgIpc) is 3.34. The Morgan fingerprint density at radius 1 is 0.926 bits per heavy atom. The van der Waals surface area contributed by atoms with Crippen molar-refractivity contribution in [1.29, 1.82) is 0 Å². The Morgan fingerprint density at radius 3 is 2.19 bits per heavy atom. The molecule has 1 fully saturated rings. The Hall–Kier alpha value is -3.21. The summed E-state index contributed by atoms with van der Waals surface area (Å²) in [6.45, 7) is 0.0189. The predicted molar refractivity (Wildman–Crippen MR) is 97.0 cm³/mol. The molecule has 3 aromatic carbocycles. The second kappa shape index (κ2) is 6.83. The van der Waals surface area contributed by atoms with Crippen molar-refractivity contribution in [3.63, 3.8) is 0 Å². The highest BCUT2D eigenvalue weighted by Crippen LogP contribution is 2.56. The lowest BCUT2D eigenvalue weighted by atomic mass is 9.90. The van der Waals surface area contributed by atoms with Gasteiger partial charge in [-0.3, -0.25) is 4.90 Å². The van der Waals surface area contributed by atoms with Crippen LogP contribution in [0.25, 0.3) is 0 Å². The highest BCUT2D eigenvalue weighted by Gasteiger charge is 2.70. The largest absolute Gasteiger partial charge is 0.444 e. The van der Waals surface area contributed by atoms with Crippen molar-refractivity contribution in [2.75, 3.05) is 0 Å². The first-order valence-electron chi connectivity index (χ1n) is 8.60. The molecule has 0 aromatic heterocycles. The second-order valence-electron chi connectivity index (χ2n) is 6.36. The van der Waals surface area contributed by atoms with Gasteiger partial charge in [0.25, 0.3) is 0 Å². The highest BCUT2D eigenvalue weighted by atomic mass is 19.1. The number of halogens is 2. The predicted octanol–water partition coefficient (Wildman–Crippen LogP) is 5.02. The van der Waals surface area contributed by atoms with Gasteiger partial charge in [0.15, 0.2) is 5.54 Å². The number of amides is 1. The van der Waals surface area contributed by atoms with Gasteiger partial charge in [0.1, 0.15) is 12.4 Å². The smallest absolute Gasteiger partial charge is 0.413 e. The maximum atomic E-state index is 15.1. The third-order valence-corrected chi connectivity index (χ3v) is 4.78. The molecule has 0 bridgehead atoms. The second-order valence-corrected chi connectivity index (χ2v) is 6.36. The molecule has 3 aromatic rings. The Bertz CT molecular complexity index is 949. The Labute approximate surface area is 155 Å². The van der Waals surface area contributed by atoms with Crippen LogP contribution in [0.15, 0.2) is 84.9 Å². The molecule has 0 N–H and O–H groups in total. The molecule has 2 atom stereocenters. The first kappa shape index (κ1) is 17.2. The summed E-state index contributed by atoms with van der Waals surface area (Å²) in [6.07, 6.45) is -2.53. The van der Waals surface area contributed by atoms with Crippen LogP contribution in [0.4, 0.5) is 13.6 Å². The first-order chi connectivity index (χ1) is 13.2. The molecule has 0 radical (unpaired) electrons. The fourth-order valence-corrected chi connectivity index (χ4v) is 3.44. The zero-order chi connectivity index (χ0) is 18.9. The number of carbonyl (C=O) groups excluding carboxylic acids is 1. The van der Waals surface area contributed by atoms with Crippen molar-refractivity contribution in [3.8, 4) is 0 Å². The van der Waals surface area contributed by atoms with E-state index in [1.165, 1.54) is 18.2 Å². The number of alkyl halides is 1. The number of ether oxygens (including phenoxy) is 1. The summed E-state index contributed by atoms with van der Waals surface area (Å²) < 4.78 is 34.9. The molecule has 2 unspecified atom stereocenters. The zero-order valence-corrected chi connectivity index (χ0v) is 14.4. The minimum atomic E-state index is -1.71. The number of nitrogens with zero attached hydrogens (tertiary/aromatic N) is 1. The molecule has 0 aliphatic carbocycles. The van der Waals surface area contributed by atoms with E-state index >= 15 is 4.39 Å². The van der Waals surface area contributed by atoms with Crippen molar-refractivity contribution in [2.45, 2.75) is 18.4 Å².